The molecule has 1 aliphatic rings. The van der Waals surface area contributed by atoms with Crippen molar-refractivity contribution >= 4 is 11.9 Å². The normalized spacial score (nSPS) is 28.2. The Labute approximate surface area is 154 Å². The number of hydrogen-bond acceptors (Lipinski definition) is 8. The van der Waals surface area contributed by atoms with Crippen LogP contribution in [0.5, 0.6) is 0 Å². The quantitative estimate of drug-likeness (QED) is 0.341. The average Bonchev–Trinajstić information content (AvgIpc) is 2.61. The molecule has 1 heterocycles. The summed E-state index contributed by atoms with van der Waals surface area (Å²) in [6.45, 7) is 3.78. The number of carbonyl (C=O) groups excluding carboxylic acids is 2. The molecule has 0 bridgehead atoms. The van der Waals surface area contributed by atoms with E-state index in [1.807, 2.05) is 6.92 Å². The summed E-state index contributed by atoms with van der Waals surface area (Å²) >= 11 is 0. The first kappa shape index (κ1) is 22.4. The second-order valence-corrected chi connectivity index (χ2v) is 5.88. The van der Waals surface area contributed by atoms with Gasteiger partial charge in [-0.3, -0.25) is 4.79 Å². The number of terminal acetylenes is 1. The standard InChI is InChI=1S/C18H28O8/c1-5-7-9-11-24-18-16(25-12(3)19)14(23-10-8-6-2)13(20)15(26-18)17(21)22-4/h1,13-16,18,20H,6-11H2,2-4H3/t13-,14?,15?,16?,18+/m0/s1. The highest BCUT2D eigenvalue weighted by Crippen LogP contribution is 2.28. The molecule has 0 amide bonds. The van der Waals surface area contributed by atoms with Gasteiger partial charge in [0.05, 0.1) is 13.7 Å². The molecule has 26 heavy (non-hydrogen) atoms. The van der Waals surface area contributed by atoms with Gasteiger partial charge >= 0.3 is 11.9 Å². The van der Waals surface area contributed by atoms with Crippen molar-refractivity contribution in [1.29, 1.82) is 0 Å². The number of esters is 2. The van der Waals surface area contributed by atoms with E-state index in [0.717, 1.165) is 12.8 Å². The summed E-state index contributed by atoms with van der Waals surface area (Å²) in [4.78, 5) is 23.4. The third-order valence-corrected chi connectivity index (χ3v) is 3.81. The lowest BCUT2D eigenvalue weighted by atomic mass is 9.98. The zero-order chi connectivity index (χ0) is 19.5. The van der Waals surface area contributed by atoms with Crippen molar-refractivity contribution in [2.24, 2.45) is 0 Å². The van der Waals surface area contributed by atoms with Gasteiger partial charge in [-0.05, 0) is 12.8 Å². The van der Waals surface area contributed by atoms with Gasteiger partial charge in [0.25, 0.3) is 0 Å². The molecule has 0 aromatic heterocycles. The number of methoxy groups -OCH3 is 1. The van der Waals surface area contributed by atoms with Gasteiger partial charge in [0, 0.05) is 20.0 Å². The maximum Gasteiger partial charge on any atom is 0.337 e. The number of unbranched alkanes of at least 4 members (excludes halogenated alkanes) is 2. The molecule has 148 valence electrons. The Kier molecular flexibility index (Phi) is 10.2. The van der Waals surface area contributed by atoms with Crippen molar-refractivity contribution in [3.8, 4) is 12.3 Å². The first-order valence-electron chi connectivity index (χ1n) is 8.71. The number of aliphatic hydroxyl groups excluding tert-OH is 1. The van der Waals surface area contributed by atoms with Gasteiger partial charge in [-0.15, -0.1) is 12.3 Å². The monoisotopic (exact) mass is 372 g/mol. The summed E-state index contributed by atoms with van der Waals surface area (Å²) < 4.78 is 26.8. The molecule has 0 radical (unpaired) electrons. The van der Waals surface area contributed by atoms with Gasteiger partial charge < -0.3 is 28.8 Å². The van der Waals surface area contributed by atoms with Crippen molar-refractivity contribution in [2.75, 3.05) is 20.3 Å². The van der Waals surface area contributed by atoms with Gasteiger partial charge in [0.1, 0.15) is 12.2 Å². The Morgan fingerprint density at radius 2 is 1.88 bits per heavy atom. The Hall–Kier alpha value is -1.66. The van der Waals surface area contributed by atoms with Crippen LogP contribution in [0.2, 0.25) is 0 Å². The van der Waals surface area contributed by atoms with E-state index < -0.39 is 42.6 Å². The molecule has 8 heteroatoms. The molecule has 1 rings (SSSR count). The molecule has 3 unspecified atom stereocenters. The molecule has 1 N–H and O–H groups in total. The lowest BCUT2D eigenvalue weighted by molar-refractivity contribution is -0.304. The van der Waals surface area contributed by atoms with Crippen molar-refractivity contribution in [2.45, 2.75) is 70.2 Å². The van der Waals surface area contributed by atoms with E-state index in [4.69, 9.17) is 25.4 Å². The summed E-state index contributed by atoms with van der Waals surface area (Å²) in [5.41, 5.74) is 0. The summed E-state index contributed by atoms with van der Waals surface area (Å²) in [5, 5.41) is 10.5. The van der Waals surface area contributed by atoms with Crippen LogP contribution in [0, 0.1) is 12.3 Å². The molecule has 8 nitrogen and oxygen atoms in total. The third-order valence-electron chi connectivity index (χ3n) is 3.81. The zero-order valence-corrected chi connectivity index (χ0v) is 15.5. The fraction of sp³-hybridized carbons (Fsp3) is 0.778. The number of ether oxygens (including phenoxy) is 5. The van der Waals surface area contributed by atoms with E-state index in [9.17, 15) is 14.7 Å². The van der Waals surface area contributed by atoms with Crippen LogP contribution in [0.1, 0.15) is 39.5 Å². The highest BCUT2D eigenvalue weighted by atomic mass is 16.7. The number of carbonyl (C=O) groups is 2. The van der Waals surface area contributed by atoms with E-state index in [-0.39, 0.29) is 6.61 Å². The van der Waals surface area contributed by atoms with Crippen molar-refractivity contribution < 1.29 is 38.4 Å². The van der Waals surface area contributed by atoms with E-state index in [1.165, 1.54) is 14.0 Å². The van der Waals surface area contributed by atoms with E-state index in [2.05, 4.69) is 10.7 Å². The lowest BCUT2D eigenvalue weighted by Crippen LogP contribution is -2.62. The molecule has 0 aliphatic carbocycles. The van der Waals surface area contributed by atoms with E-state index >= 15 is 0 Å². The molecule has 0 spiro atoms. The van der Waals surface area contributed by atoms with Crippen molar-refractivity contribution in [1.82, 2.24) is 0 Å². The summed E-state index contributed by atoms with van der Waals surface area (Å²) in [6, 6.07) is 0. The third kappa shape index (κ3) is 6.57. The van der Waals surface area contributed by atoms with Crippen LogP contribution in [-0.2, 0) is 33.3 Å². The lowest BCUT2D eigenvalue weighted by Gasteiger charge is -2.42. The summed E-state index contributed by atoms with van der Waals surface area (Å²) in [6.07, 6.45) is 2.13. The smallest absolute Gasteiger partial charge is 0.337 e. The highest BCUT2D eigenvalue weighted by molar-refractivity contribution is 5.75. The van der Waals surface area contributed by atoms with Crippen molar-refractivity contribution in [3.63, 3.8) is 0 Å². The number of rotatable bonds is 10. The zero-order valence-electron chi connectivity index (χ0n) is 15.5. The number of aliphatic hydroxyl groups is 1. The van der Waals surface area contributed by atoms with Crippen LogP contribution >= 0.6 is 0 Å². The molecular weight excluding hydrogens is 344 g/mol. The molecule has 0 aromatic carbocycles. The molecule has 1 aliphatic heterocycles. The average molecular weight is 372 g/mol. The number of hydrogen-bond donors (Lipinski definition) is 1. The van der Waals surface area contributed by atoms with E-state index in [0.29, 0.717) is 19.4 Å². The van der Waals surface area contributed by atoms with Crippen LogP contribution in [0.4, 0.5) is 0 Å². The molecule has 0 saturated carbocycles. The highest BCUT2D eigenvalue weighted by Gasteiger charge is 2.51. The Balaban J connectivity index is 2.97. The molecule has 1 saturated heterocycles. The molecule has 5 atom stereocenters. The fourth-order valence-electron chi connectivity index (χ4n) is 2.51. The van der Waals surface area contributed by atoms with Crippen molar-refractivity contribution in [3.05, 3.63) is 0 Å². The minimum absolute atomic E-state index is 0.234. The maximum atomic E-state index is 12.0. The molecule has 0 aromatic rings. The minimum atomic E-state index is -1.37. The predicted octanol–water partition coefficient (Wildman–Crippen LogP) is 0.792. The van der Waals surface area contributed by atoms with Crippen LogP contribution in [0.25, 0.3) is 0 Å². The topological polar surface area (TPSA) is 101 Å². The van der Waals surface area contributed by atoms with Crippen LogP contribution in [0.3, 0.4) is 0 Å². The first-order chi connectivity index (χ1) is 12.5. The summed E-state index contributed by atoms with van der Waals surface area (Å²) in [7, 11) is 1.19. The van der Waals surface area contributed by atoms with E-state index in [1.54, 1.807) is 0 Å². The Morgan fingerprint density at radius 3 is 2.46 bits per heavy atom. The fourth-order valence-corrected chi connectivity index (χ4v) is 2.51. The largest absolute Gasteiger partial charge is 0.467 e. The van der Waals surface area contributed by atoms with Gasteiger partial charge in [0.2, 0.25) is 0 Å². The maximum absolute atomic E-state index is 12.0. The van der Waals surface area contributed by atoms with Crippen LogP contribution in [0.15, 0.2) is 0 Å². The Morgan fingerprint density at radius 1 is 1.19 bits per heavy atom. The van der Waals surface area contributed by atoms with Gasteiger partial charge in [-0.2, -0.15) is 0 Å². The minimum Gasteiger partial charge on any atom is -0.467 e. The van der Waals surface area contributed by atoms with Crippen LogP contribution < -0.4 is 0 Å². The predicted molar refractivity (Wildman–Crippen MR) is 90.9 cm³/mol. The molecular formula is C18H28O8. The second-order valence-electron chi connectivity index (χ2n) is 5.88. The van der Waals surface area contributed by atoms with Gasteiger partial charge in [0.15, 0.2) is 18.5 Å². The first-order valence-corrected chi connectivity index (χ1v) is 8.71. The summed E-state index contributed by atoms with van der Waals surface area (Å²) in [5.74, 6) is 1.15. The van der Waals surface area contributed by atoms with Gasteiger partial charge in [-0.1, -0.05) is 13.3 Å². The van der Waals surface area contributed by atoms with Crippen LogP contribution in [-0.4, -0.2) is 68.1 Å². The molecule has 1 fully saturated rings. The second kappa shape index (κ2) is 11.9. The Bertz CT molecular complexity index is 486. The SMILES string of the molecule is C#CCCCO[C@@H]1OC(C(=O)OC)[C@@H](O)C(OCCCC)C1OC(C)=O. The van der Waals surface area contributed by atoms with Gasteiger partial charge in [-0.25, -0.2) is 4.79 Å².